The minimum Gasteiger partial charge on any atom is -0.444 e. The number of quaternary nitrogens is 1. The molecule has 0 atom stereocenters. The summed E-state index contributed by atoms with van der Waals surface area (Å²) in [5, 5.41) is 0.556. The van der Waals surface area contributed by atoms with Gasteiger partial charge in [-0.1, -0.05) is 30.3 Å². The summed E-state index contributed by atoms with van der Waals surface area (Å²) in [4.78, 5) is 1.21. The maximum absolute atomic E-state index is 5.57. The summed E-state index contributed by atoms with van der Waals surface area (Å²) >= 11 is 5.18. The van der Waals surface area contributed by atoms with E-state index in [0.29, 0.717) is 5.05 Å². The molecular weight excluding hydrogens is 218 g/mol. The molecule has 2 nitrogen and oxygen atoms in total. The van der Waals surface area contributed by atoms with Crippen LogP contribution in [0.5, 0.6) is 0 Å². The van der Waals surface area contributed by atoms with Crippen molar-refractivity contribution in [3.05, 3.63) is 53.7 Å². The van der Waals surface area contributed by atoms with Gasteiger partial charge in [0, 0.05) is 5.56 Å². The van der Waals surface area contributed by atoms with Crippen molar-refractivity contribution < 1.29 is 9.64 Å². The van der Waals surface area contributed by atoms with Crippen LogP contribution in [-0.4, -0.2) is 19.1 Å². The summed E-state index contributed by atoms with van der Waals surface area (Å²) in [5.41, 5.74) is 2.04. The van der Waals surface area contributed by atoms with Crippen LogP contribution in [0.2, 0.25) is 0 Å². The van der Waals surface area contributed by atoms with Gasteiger partial charge in [-0.2, -0.15) is 0 Å². The molecule has 0 bridgehead atoms. The molecule has 0 unspecified atom stereocenters. The van der Waals surface area contributed by atoms with Gasteiger partial charge in [0.15, 0.2) is 0 Å². The van der Waals surface area contributed by atoms with Gasteiger partial charge in [0.05, 0.1) is 19.7 Å². The number of nitrogens with one attached hydrogen (secondary N) is 1. The SMILES string of the molecule is C[NH+](C)C=C1C=C(c2ccccc2)OC1=S. The lowest BCUT2D eigenvalue weighted by molar-refractivity contribution is -0.801. The molecule has 1 heterocycles. The molecule has 0 spiro atoms. The van der Waals surface area contributed by atoms with Crippen LogP contribution in [0.3, 0.4) is 0 Å². The second-order valence-electron chi connectivity index (χ2n) is 3.94. The van der Waals surface area contributed by atoms with Gasteiger partial charge in [0.1, 0.15) is 12.0 Å². The van der Waals surface area contributed by atoms with Crippen LogP contribution in [0, 0.1) is 0 Å². The molecule has 0 aliphatic carbocycles. The van der Waals surface area contributed by atoms with Crippen molar-refractivity contribution in [2.24, 2.45) is 0 Å². The Bertz CT molecular complexity index is 460. The van der Waals surface area contributed by atoms with Crippen LogP contribution in [0.25, 0.3) is 5.76 Å². The zero-order valence-electron chi connectivity index (χ0n) is 9.36. The van der Waals surface area contributed by atoms with E-state index in [1.54, 1.807) is 0 Å². The third-order valence-corrected chi connectivity index (χ3v) is 2.55. The van der Waals surface area contributed by atoms with Gasteiger partial charge in [0.25, 0.3) is 0 Å². The highest BCUT2D eigenvalue weighted by atomic mass is 32.1. The smallest absolute Gasteiger partial charge is 0.203 e. The fraction of sp³-hybridized carbons (Fsp3) is 0.154. The van der Waals surface area contributed by atoms with Gasteiger partial charge in [-0.15, -0.1) is 0 Å². The first-order valence-corrected chi connectivity index (χ1v) is 5.59. The van der Waals surface area contributed by atoms with E-state index in [1.807, 2.05) is 56.7 Å². The van der Waals surface area contributed by atoms with E-state index in [4.69, 9.17) is 17.0 Å². The summed E-state index contributed by atoms with van der Waals surface area (Å²) in [6, 6.07) is 9.99. The highest BCUT2D eigenvalue weighted by Crippen LogP contribution is 2.25. The Balaban J connectivity index is 2.30. The molecule has 2 rings (SSSR count). The maximum atomic E-state index is 5.57. The fourth-order valence-corrected chi connectivity index (χ4v) is 1.75. The molecule has 3 heteroatoms. The van der Waals surface area contributed by atoms with Crippen LogP contribution in [-0.2, 0) is 4.74 Å². The van der Waals surface area contributed by atoms with Crippen LogP contribution in [0.15, 0.2) is 48.2 Å². The minimum atomic E-state index is 0.556. The van der Waals surface area contributed by atoms with Crippen LogP contribution >= 0.6 is 12.2 Å². The lowest BCUT2D eigenvalue weighted by Gasteiger charge is -2.02. The van der Waals surface area contributed by atoms with Crippen molar-refractivity contribution in [2.45, 2.75) is 0 Å². The van der Waals surface area contributed by atoms with Gasteiger partial charge >= 0.3 is 0 Å². The van der Waals surface area contributed by atoms with Crippen molar-refractivity contribution in [3.8, 4) is 0 Å². The predicted molar refractivity (Wildman–Crippen MR) is 69.0 cm³/mol. The molecule has 0 saturated heterocycles. The predicted octanol–water partition coefficient (Wildman–Crippen LogP) is 1.41. The normalized spacial score (nSPS) is 17.8. The number of benzene rings is 1. The highest BCUT2D eigenvalue weighted by molar-refractivity contribution is 7.80. The molecule has 1 aliphatic heterocycles. The average Bonchev–Trinajstić information content (AvgIpc) is 2.61. The fourth-order valence-electron chi connectivity index (χ4n) is 1.54. The van der Waals surface area contributed by atoms with Gasteiger partial charge in [-0.25, -0.2) is 0 Å². The zero-order chi connectivity index (χ0) is 11.5. The van der Waals surface area contributed by atoms with E-state index < -0.39 is 0 Å². The van der Waals surface area contributed by atoms with Crippen molar-refractivity contribution >= 4 is 23.0 Å². The lowest BCUT2D eigenvalue weighted by Crippen LogP contribution is -3.00. The summed E-state index contributed by atoms with van der Waals surface area (Å²) in [5.74, 6) is 0.832. The summed E-state index contributed by atoms with van der Waals surface area (Å²) in [7, 11) is 4.09. The summed E-state index contributed by atoms with van der Waals surface area (Å²) in [6.07, 6.45) is 4.03. The molecule has 0 aromatic heterocycles. The first-order valence-electron chi connectivity index (χ1n) is 5.18. The monoisotopic (exact) mass is 232 g/mol. The largest absolute Gasteiger partial charge is 0.444 e. The first-order chi connectivity index (χ1) is 7.66. The van der Waals surface area contributed by atoms with Crippen LogP contribution < -0.4 is 4.90 Å². The number of ether oxygens (including phenoxy) is 1. The van der Waals surface area contributed by atoms with E-state index in [1.165, 1.54) is 4.90 Å². The molecule has 16 heavy (non-hydrogen) atoms. The topological polar surface area (TPSA) is 13.7 Å². The van der Waals surface area contributed by atoms with E-state index in [9.17, 15) is 0 Å². The molecular formula is C13H14NOS+. The Morgan fingerprint density at radius 3 is 2.50 bits per heavy atom. The van der Waals surface area contributed by atoms with Crippen molar-refractivity contribution in [2.75, 3.05) is 14.1 Å². The number of thiocarbonyl (C=S) groups is 1. The van der Waals surface area contributed by atoms with E-state index >= 15 is 0 Å². The second-order valence-corrected chi connectivity index (χ2v) is 4.31. The van der Waals surface area contributed by atoms with Crippen molar-refractivity contribution in [1.82, 2.24) is 0 Å². The maximum Gasteiger partial charge on any atom is 0.203 e. The molecule has 0 amide bonds. The summed E-state index contributed by atoms with van der Waals surface area (Å²) < 4.78 is 5.57. The molecule has 0 fully saturated rings. The highest BCUT2D eigenvalue weighted by Gasteiger charge is 2.19. The van der Waals surface area contributed by atoms with Crippen LogP contribution in [0.1, 0.15) is 5.56 Å². The Hall–Kier alpha value is -1.45. The number of hydrogen-bond acceptors (Lipinski definition) is 2. The molecule has 1 aromatic rings. The van der Waals surface area contributed by atoms with E-state index in [2.05, 4.69) is 0 Å². The lowest BCUT2D eigenvalue weighted by atomic mass is 10.1. The number of hydrogen-bond donors (Lipinski definition) is 1. The molecule has 0 saturated carbocycles. The Morgan fingerprint density at radius 1 is 1.19 bits per heavy atom. The van der Waals surface area contributed by atoms with Crippen molar-refractivity contribution in [1.29, 1.82) is 0 Å². The van der Waals surface area contributed by atoms with Gasteiger partial charge < -0.3 is 9.64 Å². The minimum absolute atomic E-state index is 0.556. The first kappa shape index (κ1) is 11.0. The Kier molecular flexibility index (Phi) is 3.17. The number of rotatable bonds is 2. The molecule has 0 radical (unpaired) electrons. The molecule has 1 aromatic carbocycles. The molecule has 82 valence electrons. The molecule has 1 aliphatic rings. The quantitative estimate of drug-likeness (QED) is 0.612. The molecule has 1 N–H and O–H groups in total. The third kappa shape index (κ3) is 2.38. The van der Waals surface area contributed by atoms with Crippen LogP contribution in [0.4, 0.5) is 0 Å². The van der Waals surface area contributed by atoms with Gasteiger partial charge in [0.2, 0.25) is 5.05 Å². The summed E-state index contributed by atoms with van der Waals surface area (Å²) in [6.45, 7) is 0. The van der Waals surface area contributed by atoms with Gasteiger partial charge in [-0.3, -0.25) is 0 Å². The second kappa shape index (κ2) is 4.60. The van der Waals surface area contributed by atoms with Crippen molar-refractivity contribution in [3.63, 3.8) is 0 Å². The van der Waals surface area contributed by atoms with E-state index in [0.717, 1.165) is 16.9 Å². The zero-order valence-corrected chi connectivity index (χ0v) is 10.2. The van der Waals surface area contributed by atoms with Gasteiger partial charge in [-0.05, 0) is 18.3 Å². The standard InChI is InChI=1S/C13H13NOS/c1-14(2)9-11-8-12(15-13(11)16)10-6-4-3-5-7-10/h3-9H,1-2H3/p+1. The third-order valence-electron chi connectivity index (χ3n) is 2.23. The average molecular weight is 232 g/mol. The Morgan fingerprint density at radius 2 is 1.88 bits per heavy atom. The van der Waals surface area contributed by atoms with E-state index in [-0.39, 0.29) is 0 Å². The Labute approximate surface area is 101 Å².